The molecule has 0 aromatic carbocycles. The number of piperidine rings is 1. The van der Waals surface area contributed by atoms with E-state index in [0.717, 1.165) is 52.9 Å². The molecule has 3 aromatic rings. The van der Waals surface area contributed by atoms with Crippen LogP contribution < -0.4 is 5.32 Å². The van der Waals surface area contributed by atoms with Gasteiger partial charge < -0.3 is 10.2 Å². The summed E-state index contributed by atoms with van der Waals surface area (Å²) < 4.78 is 0. The normalized spacial score (nSPS) is 16.5. The highest BCUT2D eigenvalue weighted by atomic mass is 32.1. The van der Waals surface area contributed by atoms with E-state index in [1.54, 1.807) is 11.3 Å². The molecule has 1 amide bonds. The van der Waals surface area contributed by atoms with Crippen molar-refractivity contribution < 1.29 is 4.79 Å². The molecule has 8 heteroatoms. The first-order chi connectivity index (χ1) is 14.5. The number of nitrogens with zero attached hydrogens (tertiary/aromatic N) is 5. The Labute approximate surface area is 180 Å². The number of likely N-dealkylation sites (tertiary alicyclic amines) is 1. The van der Waals surface area contributed by atoms with E-state index in [1.165, 1.54) is 0 Å². The van der Waals surface area contributed by atoms with Crippen molar-refractivity contribution in [3.8, 4) is 0 Å². The largest absolute Gasteiger partial charge is 0.342 e. The number of rotatable bonds is 5. The molecule has 1 aliphatic heterocycles. The van der Waals surface area contributed by atoms with Gasteiger partial charge in [-0.3, -0.25) is 9.78 Å². The maximum Gasteiger partial charge on any atom is 0.228 e. The lowest BCUT2D eigenvalue weighted by atomic mass is 9.94. The highest BCUT2D eigenvalue weighted by Crippen LogP contribution is 2.27. The van der Waals surface area contributed by atoms with Crippen molar-refractivity contribution in [2.24, 2.45) is 0 Å². The summed E-state index contributed by atoms with van der Waals surface area (Å²) in [5.41, 5.74) is 4.59. The third-order valence-electron chi connectivity index (χ3n) is 5.22. The Hall–Kier alpha value is -2.87. The fourth-order valence-corrected chi connectivity index (χ4v) is 4.45. The number of aryl methyl sites for hydroxylation is 3. The molecule has 4 rings (SSSR count). The number of carbonyl (C=O) groups excluding carboxylic acids is 1. The number of aromatic nitrogens is 4. The topological polar surface area (TPSA) is 83.9 Å². The zero-order valence-corrected chi connectivity index (χ0v) is 18.4. The van der Waals surface area contributed by atoms with E-state index in [0.29, 0.717) is 18.9 Å². The lowest BCUT2D eigenvalue weighted by Gasteiger charge is -2.32. The average Bonchev–Trinajstić information content (AvgIpc) is 3.12. The summed E-state index contributed by atoms with van der Waals surface area (Å²) >= 11 is 1.59. The summed E-state index contributed by atoms with van der Waals surface area (Å²) in [5.74, 6) is 0.982. The van der Waals surface area contributed by atoms with Crippen LogP contribution in [0.25, 0.3) is 0 Å². The second-order valence-electron chi connectivity index (χ2n) is 7.78. The number of amides is 1. The van der Waals surface area contributed by atoms with Gasteiger partial charge in [0.1, 0.15) is 0 Å². The Bertz CT molecular complexity index is 1010. The maximum atomic E-state index is 12.7. The maximum absolute atomic E-state index is 12.7. The van der Waals surface area contributed by atoms with Gasteiger partial charge in [-0.05, 0) is 51.8 Å². The molecule has 4 heterocycles. The average molecular weight is 423 g/mol. The number of anilines is 2. The van der Waals surface area contributed by atoms with Crippen molar-refractivity contribution in [2.45, 2.75) is 46.0 Å². The van der Waals surface area contributed by atoms with Gasteiger partial charge in [-0.2, -0.15) is 0 Å². The van der Waals surface area contributed by atoms with E-state index in [1.807, 2.05) is 55.4 Å². The smallest absolute Gasteiger partial charge is 0.228 e. The van der Waals surface area contributed by atoms with Gasteiger partial charge in [0.25, 0.3) is 0 Å². The Morgan fingerprint density at radius 3 is 2.67 bits per heavy atom. The molecule has 0 bridgehead atoms. The van der Waals surface area contributed by atoms with Crippen LogP contribution in [0, 0.1) is 20.8 Å². The van der Waals surface area contributed by atoms with Gasteiger partial charge in [0.05, 0.1) is 29.0 Å². The molecule has 156 valence electrons. The van der Waals surface area contributed by atoms with Gasteiger partial charge in [-0.15, -0.1) is 11.3 Å². The quantitative estimate of drug-likeness (QED) is 0.670. The highest BCUT2D eigenvalue weighted by molar-refractivity contribution is 7.09. The first-order valence-electron chi connectivity index (χ1n) is 10.2. The van der Waals surface area contributed by atoms with E-state index >= 15 is 0 Å². The molecule has 0 saturated carbocycles. The molecule has 1 fully saturated rings. The molecule has 3 aromatic heterocycles. The van der Waals surface area contributed by atoms with Gasteiger partial charge in [0.2, 0.25) is 11.9 Å². The minimum atomic E-state index is 0.148. The Kier molecular flexibility index (Phi) is 6.03. The van der Waals surface area contributed by atoms with Crippen molar-refractivity contribution in [1.82, 2.24) is 24.8 Å². The number of hydrogen-bond acceptors (Lipinski definition) is 7. The van der Waals surface area contributed by atoms with Crippen molar-refractivity contribution in [3.63, 3.8) is 0 Å². The van der Waals surface area contributed by atoms with Crippen molar-refractivity contribution in [2.75, 3.05) is 18.4 Å². The van der Waals surface area contributed by atoms with Gasteiger partial charge in [0.15, 0.2) is 0 Å². The third kappa shape index (κ3) is 4.99. The van der Waals surface area contributed by atoms with Crippen LogP contribution in [0.1, 0.15) is 46.5 Å². The zero-order valence-electron chi connectivity index (χ0n) is 17.6. The molecule has 1 atom stereocenters. The van der Waals surface area contributed by atoms with Crippen molar-refractivity contribution >= 4 is 28.9 Å². The SMILES string of the molecule is Cc1cc(C)nc(Nc2ccc([C@H]3CCCN(C(=O)Cc4csc(C)n4)C3)nc2)n1. The van der Waals surface area contributed by atoms with Crippen LogP contribution in [0.5, 0.6) is 0 Å². The monoisotopic (exact) mass is 422 g/mol. The summed E-state index contributed by atoms with van der Waals surface area (Å²) in [6, 6.07) is 5.98. The predicted octanol–water partition coefficient (Wildman–Crippen LogP) is 3.95. The van der Waals surface area contributed by atoms with Crippen molar-refractivity contribution in [3.05, 3.63) is 57.6 Å². The molecule has 30 heavy (non-hydrogen) atoms. The number of thiazole rings is 1. The molecule has 0 radical (unpaired) electrons. The first kappa shape index (κ1) is 20.4. The van der Waals surface area contributed by atoms with Crippen LogP contribution in [0.2, 0.25) is 0 Å². The molecule has 1 N–H and O–H groups in total. The molecule has 1 saturated heterocycles. The molecule has 7 nitrogen and oxygen atoms in total. The lowest BCUT2D eigenvalue weighted by molar-refractivity contribution is -0.131. The van der Waals surface area contributed by atoms with E-state index in [-0.39, 0.29) is 11.8 Å². The van der Waals surface area contributed by atoms with Crippen LogP contribution in [0.4, 0.5) is 11.6 Å². The fourth-order valence-electron chi connectivity index (χ4n) is 3.83. The second kappa shape index (κ2) is 8.87. The van der Waals surface area contributed by atoms with Crippen molar-refractivity contribution in [1.29, 1.82) is 0 Å². The van der Waals surface area contributed by atoms with Crippen LogP contribution in [-0.4, -0.2) is 43.8 Å². The summed E-state index contributed by atoms with van der Waals surface area (Å²) in [6.45, 7) is 7.38. The number of pyridine rings is 1. The minimum absolute atomic E-state index is 0.148. The Morgan fingerprint density at radius 2 is 2.00 bits per heavy atom. The first-order valence-corrected chi connectivity index (χ1v) is 11.1. The van der Waals surface area contributed by atoms with Gasteiger partial charge >= 0.3 is 0 Å². The molecule has 0 spiro atoms. The summed E-state index contributed by atoms with van der Waals surface area (Å²) in [5, 5.41) is 6.19. The molecular weight excluding hydrogens is 396 g/mol. The highest BCUT2D eigenvalue weighted by Gasteiger charge is 2.26. The van der Waals surface area contributed by atoms with E-state index in [2.05, 4.69) is 25.3 Å². The standard InChI is InChI=1S/C22H26N6OS/c1-14-9-15(2)25-22(24-14)27-18-6-7-20(23-11-18)17-5-4-8-28(12-17)21(29)10-19-13-30-16(3)26-19/h6-7,9,11,13,17H,4-5,8,10,12H2,1-3H3,(H,24,25,27)/t17-/m0/s1. The Morgan fingerprint density at radius 1 is 1.20 bits per heavy atom. The van der Waals surface area contributed by atoms with Crippen LogP contribution in [-0.2, 0) is 11.2 Å². The molecular formula is C22H26N6OS. The fraction of sp³-hybridized carbons (Fsp3) is 0.409. The van der Waals surface area contributed by atoms with E-state index in [9.17, 15) is 4.79 Å². The number of nitrogens with one attached hydrogen (secondary N) is 1. The van der Waals surface area contributed by atoms with E-state index < -0.39 is 0 Å². The van der Waals surface area contributed by atoms with E-state index in [4.69, 9.17) is 0 Å². The summed E-state index contributed by atoms with van der Waals surface area (Å²) in [4.78, 5) is 32.6. The van der Waals surface area contributed by atoms with Crippen LogP contribution >= 0.6 is 11.3 Å². The van der Waals surface area contributed by atoms with Crippen LogP contribution in [0.15, 0.2) is 29.8 Å². The van der Waals surface area contributed by atoms with Crippen LogP contribution in [0.3, 0.4) is 0 Å². The zero-order chi connectivity index (χ0) is 21.1. The number of hydrogen-bond donors (Lipinski definition) is 1. The lowest BCUT2D eigenvalue weighted by Crippen LogP contribution is -2.40. The number of carbonyl (C=O) groups is 1. The predicted molar refractivity (Wildman–Crippen MR) is 118 cm³/mol. The summed E-state index contributed by atoms with van der Waals surface area (Å²) in [7, 11) is 0. The molecule has 0 unspecified atom stereocenters. The summed E-state index contributed by atoms with van der Waals surface area (Å²) in [6.07, 6.45) is 4.22. The van der Waals surface area contributed by atoms with Gasteiger partial charge in [-0.1, -0.05) is 0 Å². The molecule has 1 aliphatic rings. The van der Waals surface area contributed by atoms with Gasteiger partial charge in [0, 0.05) is 41.5 Å². The molecule has 0 aliphatic carbocycles. The minimum Gasteiger partial charge on any atom is -0.342 e. The second-order valence-corrected chi connectivity index (χ2v) is 8.85. The Balaban J connectivity index is 1.39. The third-order valence-corrected chi connectivity index (χ3v) is 6.04. The van der Waals surface area contributed by atoms with Gasteiger partial charge in [-0.25, -0.2) is 15.0 Å².